The molecule has 158 valence electrons. The summed E-state index contributed by atoms with van der Waals surface area (Å²) in [5.41, 5.74) is 3.83. The minimum atomic E-state index is -0.921. The first kappa shape index (κ1) is 20.1. The summed E-state index contributed by atoms with van der Waals surface area (Å²) in [6, 6.07) is 8.96. The molecule has 2 aromatic heterocycles. The van der Waals surface area contributed by atoms with Crippen LogP contribution in [0.1, 0.15) is 33.9 Å². The molecule has 0 bridgehead atoms. The van der Waals surface area contributed by atoms with Gasteiger partial charge < -0.3 is 15.2 Å². The largest absolute Gasteiger partial charge is 0.381 e. The molecular weight excluding hydrogens is 415 g/mol. The maximum atomic E-state index is 15.0. The molecule has 4 aromatic rings. The molecule has 5 rings (SSSR count). The number of ether oxygens (including phenoxy) is 1. The molecule has 0 radical (unpaired) electrons. The Morgan fingerprint density at radius 3 is 2.90 bits per heavy atom. The highest BCUT2D eigenvalue weighted by Crippen LogP contribution is 2.34. The smallest absolute Gasteiger partial charge is 0.132 e. The number of nitrogens with zero attached hydrogens (tertiary/aromatic N) is 3. The van der Waals surface area contributed by atoms with Gasteiger partial charge in [0.1, 0.15) is 23.3 Å². The molecule has 2 unspecified atom stereocenters. The second kappa shape index (κ2) is 8.39. The van der Waals surface area contributed by atoms with Gasteiger partial charge in [-0.15, -0.1) is 11.3 Å². The molecule has 2 aromatic carbocycles. The predicted octanol–water partition coefficient (Wildman–Crippen LogP) is 3.94. The number of aliphatic hydroxyl groups excluding tert-OH is 1. The summed E-state index contributed by atoms with van der Waals surface area (Å²) in [6.07, 6.45) is 2.13. The van der Waals surface area contributed by atoms with Gasteiger partial charge in [0.2, 0.25) is 0 Å². The number of benzene rings is 2. The standard InChI is InChI=1S/C23H21FN4O2S/c1-13-8-18(24)17(10-16(13)22(29)23-26-5-7-31-23)21-15-3-2-14(9-19(15)27-12-28-21)20-11-25-4-6-30-20/h2-3,5,7-10,12,20,22,25,29H,4,6,11H2,1H3. The van der Waals surface area contributed by atoms with E-state index in [0.717, 1.165) is 29.6 Å². The lowest BCUT2D eigenvalue weighted by molar-refractivity contribution is 0.0278. The van der Waals surface area contributed by atoms with Gasteiger partial charge in [0, 0.05) is 35.6 Å². The van der Waals surface area contributed by atoms with Crippen LogP contribution in [-0.2, 0) is 4.74 Å². The fourth-order valence-electron chi connectivity index (χ4n) is 3.94. The average Bonchev–Trinajstić information content (AvgIpc) is 3.34. The number of aliphatic hydroxyl groups is 1. The molecule has 0 saturated carbocycles. The summed E-state index contributed by atoms with van der Waals surface area (Å²) in [5, 5.41) is 17.2. The molecule has 1 saturated heterocycles. The van der Waals surface area contributed by atoms with Crippen LogP contribution in [0.4, 0.5) is 4.39 Å². The van der Waals surface area contributed by atoms with E-state index in [-0.39, 0.29) is 6.10 Å². The first-order valence-corrected chi connectivity index (χ1v) is 10.9. The van der Waals surface area contributed by atoms with Crippen molar-refractivity contribution in [1.29, 1.82) is 0 Å². The van der Waals surface area contributed by atoms with Crippen molar-refractivity contribution in [1.82, 2.24) is 20.3 Å². The Balaban J connectivity index is 1.59. The van der Waals surface area contributed by atoms with Crippen LogP contribution in [-0.4, -0.2) is 39.8 Å². The summed E-state index contributed by atoms with van der Waals surface area (Å²) < 4.78 is 20.9. The molecule has 1 fully saturated rings. The number of halogens is 1. The zero-order chi connectivity index (χ0) is 21.4. The van der Waals surface area contributed by atoms with Crippen molar-refractivity contribution < 1.29 is 14.2 Å². The third-order valence-corrected chi connectivity index (χ3v) is 6.38. The van der Waals surface area contributed by atoms with Crippen LogP contribution >= 0.6 is 11.3 Å². The van der Waals surface area contributed by atoms with E-state index in [1.807, 2.05) is 18.2 Å². The van der Waals surface area contributed by atoms with E-state index < -0.39 is 11.9 Å². The number of aryl methyl sites for hydroxylation is 1. The number of fused-ring (bicyclic) bond motifs is 1. The fraction of sp³-hybridized carbons (Fsp3) is 0.261. The minimum absolute atomic E-state index is 0.0345. The van der Waals surface area contributed by atoms with Crippen molar-refractivity contribution in [2.24, 2.45) is 0 Å². The van der Waals surface area contributed by atoms with Crippen LogP contribution in [0.2, 0.25) is 0 Å². The molecule has 2 atom stereocenters. The maximum absolute atomic E-state index is 15.0. The number of nitrogens with one attached hydrogen (secondary N) is 1. The molecule has 1 aliphatic heterocycles. The summed E-state index contributed by atoms with van der Waals surface area (Å²) in [4.78, 5) is 13.0. The van der Waals surface area contributed by atoms with E-state index in [2.05, 4.69) is 20.3 Å². The molecule has 6 nitrogen and oxygen atoms in total. The van der Waals surface area contributed by atoms with Crippen LogP contribution < -0.4 is 5.32 Å². The van der Waals surface area contributed by atoms with Crippen LogP contribution in [0.3, 0.4) is 0 Å². The number of aromatic nitrogens is 3. The molecule has 3 heterocycles. The summed E-state index contributed by atoms with van der Waals surface area (Å²) in [5.74, 6) is -0.392. The number of hydrogen-bond donors (Lipinski definition) is 2. The average molecular weight is 437 g/mol. The molecule has 0 aliphatic carbocycles. The fourth-order valence-corrected chi connectivity index (χ4v) is 4.58. The molecule has 8 heteroatoms. The van der Waals surface area contributed by atoms with Crippen molar-refractivity contribution in [3.8, 4) is 11.3 Å². The van der Waals surface area contributed by atoms with E-state index in [9.17, 15) is 5.11 Å². The summed E-state index contributed by atoms with van der Waals surface area (Å²) in [6.45, 7) is 4.03. The number of hydrogen-bond acceptors (Lipinski definition) is 7. The lowest BCUT2D eigenvalue weighted by atomic mass is 9.96. The number of morpholine rings is 1. The Kier molecular flexibility index (Phi) is 5.45. The van der Waals surface area contributed by atoms with E-state index in [1.54, 1.807) is 24.6 Å². The van der Waals surface area contributed by atoms with Gasteiger partial charge in [-0.1, -0.05) is 12.1 Å². The maximum Gasteiger partial charge on any atom is 0.132 e. The Bertz CT molecular complexity index is 1230. The highest BCUT2D eigenvalue weighted by molar-refractivity contribution is 7.09. The molecule has 1 aliphatic rings. The third-order valence-electron chi connectivity index (χ3n) is 5.55. The van der Waals surface area contributed by atoms with E-state index >= 15 is 4.39 Å². The van der Waals surface area contributed by atoms with Gasteiger partial charge in [-0.2, -0.15) is 0 Å². The monoisotopic (exact) mass is 436 g/mol. The predicted molar refractivity (Wildman–Crippen MR) is 117 cm³/mol. The normalized spacial score (nSPS) is 17.7. The van der Waals surface area contributed by atoms with Gasteiger partial charge in [0.05, 0.1) is 23.9 Å². The first-order valence-electron chi connectivity index (χ1n) is 10.1. The lowest BCUT2D eigenvalue weighted by Gasteiger charge is -2.24. The quantitative estimate of drug-likeness (QED) is 0.504. The van der Waals surface area contributed by atoms with Crippen LogP contribution in [0.15, 0.2) is 48.2 Å². The molecule has 2 N–H and O–H groups in total. The molecule has 0 spiro atoms. The van der Waals surface area contributed by atoms with Gasteiger partial charge in [-0.25, -0.2) is 19.3 Å². The topological polar surface area (TPSA) is 80.2 Å². The molecule has 31 heavy (non-hydrogen) atoms. The second-order valence-electron chi connectivity index (χ2n) is 7.52. The third kappa shape index (κ3) is 3.83. The van der Waals surface area contributed by atoms with Crippen LogP contribution in [0.25, 0.3) is 22.2 Å². The summed E-state index contributed by atoms with van der Waals surface area (Å²) >= 11 is 1.36. The highest BCUT2D eigenvalue weighted by atomic mass is 32.1. The number of thiazole rings is 1. The molecular formula is C23H21FN4O2S. The van der Waals surface area contributed by atoms with Crippen molar-refractivity contribution in [3.05, 3.63) is 75.8 Å². The van der Waals surface area contributed by atoms with Gasteiger partial charge in [0.15, 0.2) is 0 Å². The minimum Gasteiger partial charge on any atom is -0.381 e. The second-order valence-corrected chi connectivity index (χ2v) is 8.45. The van der Waals surface area contributed by atoms with Gasteiger partial charge in [-0.3, -0.25) is 0 Å². The Morgan fingerprint density at radius 1 is 1.23 bits per heavy atom. The van der Waals surface area contributed by atoms with Crippen molar-refractivity contribution in [2.75, 3.05) is 19.7 Å². The van der Waals surface area contributed by atoms with Crippen molar-refractivity contribution >= 4 is 22.2 Å². The molecule has 0 amide bonds. The zero-order valence-electron chi connectivity index (χ0n) is 16.9. The zero-order valence-corrected chi connectivity index (χ0v) is 17.7. The van der Waals surface area contributed by atoms with E-state index in [4.69, 9.17) is 4.74 Å². The lowest BCUT2D eigenvalue weighted by Crippen LogP contribution is -2.33. The van der Waals surface area contributed by atoms with E-state index in [0.29, 0.717) is 34.0 Å². The van der Waals surface area contributed by atoms with Gasteiger partial charge in [-0.05, 0) is 41.8 Å². The Hall–Kier alpha value is -2.78. The van der Waals surface area contributed by atoms with Gasteiger partial charge >= 0.3 is 0 Å². The number of rotatable bonds is 4. The summed E-state index contributed by atoms with van der Waals surface area (Å²) in [7, 11) is 0. The van der Waals surface area contributed by atoms with Crippen molar-refractivity contribution in [2.45, 2.75) is 19.1 Å². The van der Waals surface area contributed by atoms with Crippen LogP contribution in [0, 0.1) is 12.7 Å². The first-order chi connectivity index (χ1) is 15.1. The van der Waals surface area contributed by atoms with Crippen molar-refractivity contribution in [3.63, 3.8) is 0 Å². The Morgan fingerprint density at radius 2 is 2.13 bits per heavy atom. The SMILES string of the molecule is Cc1cc(F)c(-c2ncnc3cc(C4CNCCO4)ccc23)cc1C(O)c1nccs1. The Labute approximate surface area is 182 Å². The van der Waals surface area contributed by atoms with Gasteiger partial charge in [0.25, 0.3) is 0 Å². The van der Waals surface area contributed by atoms with E-state index in [1.165, 1.54) is 23.7 Å². The highest BCUT2D eigenvalue weighted by Gasteiger charge is 2.21. The van der Waals surface area contributed by atoms with Crippen LogP contribution in [0.5, 0.6) is 0 Å².